The van der Waals surface area contributed by atoms with E-state index in [4.69, 9.17) is 9.84 Å². The van der Waals surface area contributed by atoms with Crippen LogP contribution in [0.15, 0.2) is 91.0 Å². The summed E-state index contributed by atoms with van der Waals surface area (Å²) in [6.45, 7) is 33.5. The molecular weight excluding hydrogens is 721 g/mol. The van der Waals surface area contributed by atoms with Crippen molar-refractivity contribution in [1.29, 1.82) is 0 Å². The van der Waals surface area contributed by atoms with Crippen molar-refractivity contribution in [1.82, 2.24) is 9.78 Å². The van der Waals surface area contributed by atoms with Crippen molar-refractivity contribution in [2.45, 2.75) is 124 Å². The molecular formula is C54H62N4O. The number of benzene rings is 5. The van der Waals surface area contributed by atoms with Gasteiger partial charge in [-0.15, -0.1) is 0 Å². The number of aryl methyl sites for hydroxylation is 2. The first kappa shape index (κ1) is 39.2. The van der Waals surface area contributed by atoms with Crippen molar-refractivity contribution in [2.75, 3.05) is 23.5 Å². The Hall–Kier alpha value is -5.29. The van der Waals surface area contributed by atoms with Gasteiger partial charge in [-0.05, 0) is 121 Å². The Labute approximate surface area is 353 Å². The minimum atomic E-state index is -0.584. The monoisotopic (exact) mass is 782 g/mol. The van der Waals surface area contributed by atoms with Crippen LogP contribution < -0.4 is 14.5 Å². The second kappa shape index (κ2) is 12.6. The third-order valence-corrected chi connectivity index (χ3v) is 13.1. The van der Waals surface area contributed by atoms with Gasteiger partial charge in [0.15, 0.2) is 0 Å². The molecule has 6 aromatic rings. The highest BCUT2D eigenvalue weighted by atomic mass is 16.5. The van der Waals surface area contributed by atoms with Crippen molar-refractivity contribution < 1.29 is 4.74 Å². The second-order valence-electron chi connectivity index (χ2n) is 21.7. The largest absolute Gasteiger partial charge is 0.457 e. The number of nitrogens with zero attached hydrogens (tertiary/aromatic N) is 4. The zero-order valence-corrected chi connectivity index (χ0v) is 38.1. The van der Waals surface area contributed by atoms with Gasteiger partial charge in [-0.3, -0.25) is 0 Å². The van der Waals surface area contributed by atoms with Gasteiger partial charge in [0.2, 0.25) is 0 Å². The molecule has 1 aliphatic carbocycles. The zero-order chi connectivity index (χ0) is 42.4. The maximum absolute atomic E-state index is 6.85. The van der Waals surface area contributed by atoms with Gasteiger partial charge in [0.25, 0.3) is 0 Å². The number of aromatic nitrogens is 2. The lowest BCUT2D eigenvalue weighted by Gasteiger charge is -2.46. The number of para-hydroxylation sites is 1. The molecule has 0 atom stereocenters. The fraction of sp³-hybridized carbons (Fsp3) is 0.389. The smallest absolute Gasteiger partial charge is 0.129 e. The Morgan fingerprint density at radius 3 is 1.69 bits per heavy atom. The van der Waals surface area contributed by atoms with Gasteiger partial charge in [-0.25, -0.2) is 4.68 Å². The Morgan fingerprint density at radius 2 is 1.15 bits per heavy atom. The lowest BCUT2D eigenvalue weighted by atomic mass is 9.59. The molecule has 5 aromatic carbocycles. The van der Waals surface area contributed by atoms with E-state index >= 15 is 0 Å². The van der Waals surface area contributed by atoms with Crippen LogP contribution in [0.4, 0.5) is 17.1 Å². The standard InChI is InChI=1S/C54H62N4O/c1-32-24-33(2)58(55-32)36-18-16-19-37(29-36)59-38-22-23-41-46(30-38)57-31-56(15)45-21-17-20-42(49(45)57)54(41)47-39(25-34(50(3,4)5)27-43(47)52(9,10)11)40-26-35(51(6,7)8)28-44(48(40)54)53(12,13)14/h16-30H,31H2,1-15H3. The minimum absolute atomic E-state index is 0.0318. The number of hydrogen-bond acceptors (Lipinski definition) is 4. The van der Waals surface area contributed by atoms with Crippen LogP contribution in [-0.2, 0) is 27.1 Å². The van der Waals surface area contributed by atoms with Crippen molar-refractivity contribution in [3.63, 3.8) is 0 Å². The molecule has 5 nitrogen and oxygen atoms in total. The number of hydrogen-bond donors (Lipinski definition) is 0. The SMILES string of the molecule is Cc1cc(C)n(-c2cccc(Oc3ccc4c(c3)N3CN(C)c5cccc(c53)C43c4c(cc(C(C)(C)C)cc4C(C)(C)C)-c4cc(C(C)(C)C)cc(C(C)(C)C)c43)c2)n1. The van der Waals surface area contributed by atoms with Gasteiger partial charge < -0.3 is 14.5 Å². The van der Waals surface area contributed by atoms with Crippen molar-refractivity contribution in [3.8, 4) is 28.3 Å². The molecule has 0 N–H and O–H groups in total. The molecule has 2 aliphatic heterocycles. The van der Waals surface area contributed by atoms with Crippen LogP contribution in [0, 0.1) is 13.8 Å². The van der Waals surface area contributed by atoms with Crippen molar-refractivity contribution >= 4 is 17.1 Å². The predicted octanol–water partition coefficient (Wildman–Crippen LogP) is 13.7. The molecule has 1 spiro atoms. The molecule has 0 radical (unpaired) electrons. The zero-order valence-electron chi connectivity index (χ0n) is 38.1. The van der Waals surface area contributed by atoms with Gasteiger partial charge in [0.05, 0.1) is 40.5 Å². The number of fused-ring (bicyclic) bond motifs is 9. The molecule has 3 heterocycles. The maximum Gasteiger partial charge on any atom is 0.129 e. The summed E-state index contributed by atoms with van der Waals surface area (Å²) < 4.78 is 8.84. The van der Waals surface area contributed by atoms with Gasteiger partial charge in [-0.2, -0.15) is 5.10 Å². The van der Waals surface area contributed by atoms with Crippen LogP contribution in [0.3, 0.4) is 0 Å². The molecule has 1 aromatic heterocycles. The molecule has 9 rings (SSSR count). The van der Waals surface area contributed by atoms with Crippen LogP contribution in [0.5, 0.6) is 11.5 Å². The van der Waals surface area contributed by atoms with E-state index < -0.39 is 5.41 Å². The third kappa shape index (κ3) is 5.89. The quantitative estimate of drug-likeness (QED) is 0.179. The summed E-state index contributed by atoms with van der Waals surface area (Å²) in [7, 11) is 2.23. The Bertz CT molecular complexity index is 2620. The Balaban J connectivity index is 1.40. The first-order valence-electron chi connectivity index (χ1n) is 21.5. The number of ether oxygens (including phenoxy) is 1. The molecule has 3 aliphatic rings. The molecule has 0 unspecified atom stereocenters. The molecule has 0 fully saturated rings. The summed E-state index contributed by atoms with van der Waals surface area (Å²) in [5, 5.41) is 4.75. The summed E-state index contributed by atoms with van der Waals surface area (Å²) in [4.78, 5) is 4.95. The van der Waals surface area contributed by atoms with E-state index in [1.165, 1.54) is 72.7 Å². The fourth-order valence-electron chi connectivity index (χ4n) is 10.2. The number of rotatable bonds is 3. The average Bonchev–Trinajstić information content (AvgIpc) is 3.77. The topological polar surface area (TPSA) is 33.5 Å². The summed E-state index contributed by atoms with van der Waals surface area (Å²) in [5.74, 6) is 1.60. The lowest BCUT2D eigenvalue weighted by molar-refractivity contribution is 0.481. The minimum Gasteiger partial charge on any atom is -0.457 e. The Morgan fingerprint density at radius 1 is 0.576 bits per heavy atom. The first-order valence-corrected chi connectivity index (χ1v) is 21.5. The molecule has 0 amide bonds. The third-order valence-electron chi connectivity index (χ3n) is 13.1. The Kier molecular flexibility index (Phi) is 8.38. The maximum atomic E-state index is 6.85. The lowest BCUT2D eigenvalue weighted by Crippen LogP contribution is -2.40. The van der Waals surface area contributed by atoms with Crippen molar-refractivity contribution in [3.05, 3.63) is 147 Å². The normalized spacial score (nSPS) is 15.4. The van der Waals surface area contributed by atoms with Gasteiger partial charge in [0, 0.05) is 24.9 Å². The highest BCUT2D eigenvalue weighted by molar-refractivity contribution is 6.00. The van der Waals surface area contributed by atoms with E-state index in [9.17, 15) is 0 Å². The number of anilines is 3. The van der Waals surface area contributed by atoms with Gasteiger partial charge in [-0.1, -0.05) is 132 Å². The predicted molar refractivity (Wildman–Crippen MR) is 247 cm³/mol. The van der Waals surface area contributed by atoms with E-state index in [1.807, 2.05) is 17.7 Å². The summed E-state index contributed by atoms with van der Waals surface area (Å²) in [6, 6.07) is 34.6. The molecule has 5 heteroatoms. The van der Waals surface area contributed by atoms with E-state index in [0.717, 1.165) is 35.2 Å². The van der Waals surface area contributed by atoms with Crippen LogP contribution in [-0.4, -0.2) is 23.5 Å². The van der Waals surface area contributed by atoms with Gasteiger partial charge in [0.1, 0.15) is 11.5 Å². The van der Waals surface area contributed by atoms with Crippen LogP contribution in [0.2, 0.25) is 0 Å². The van der Waals surface area contributed by atoms with E-state index in [1.54, 1.807) is 0 Å². The average molecular weight is 783 g/mol. The van der Waals surface area contributed by atoms with Crippen LogP contribution in [0.1, 0.15) is 139 Å². The molecule has 0 bridgehead atoms. The van der Waals surface area contributed by atoms with Crippen molar-refractivity contribution in [2.24, 2.45) is 0 Å². The second-order valence-corrected chi connectivity index (χ2v) is 21.7. The highest BCUT2D eigenvalue weighted by Gasteiger charge is 2.57. The summed E-state index contributed by atoms with van der Waals surface area (Å²) in [5.41, 5.74) is 19.8. The van der Waals surface area contributed by atoms with E-state index in [-0.39, 0.29) is 21.7 Å². The van der Waals surface area contributed by atoms with Crippen LogP contribution >= 0.6 is 0 Å². The molecule has 304 valence electrons. The summed E-state index contributed by atoms with van der Waals surface area (Å²) >= 11 is 0. The summed E-state index contributed by atoms with van der Waals surface area (Å²) in [6.07, 6.45) is 0. The first-order chi connectivity index (χ1) is 27.5. The van der Waals surface area contributed by atoms with Crippen LogP contribution in [0.25, 0.3) is 16.8 Å². The fourth-order valence-corrected chi connectivity index (χ4v) is 10.2. The highest BCUT2D eigenvalue weighted by Crippen LogP contribution is 2.68. The van der Waals surface area contributed by atoms with Gasteiger partial charge >= 0.3 is 0 Å². The van der Waals surface area contributed by atoms with E-state index in [2.05, 4.69) is 192 Å². The molecule has 59 heavy (non-hydrogen) atoms. The van der Waals surface area contributed by atoms with E-state index in [0.29, 0.717) is 0 Å². The molecule has 0 saturated carbocycles. The molecule has 0 saturated heterocycles.